The molecule has 1 saturated carbocycles. The van der Waals surface area contributed by atoms with Gasteiger partial charge in [0.05, 0.1) is 9.80 Å². The molecule has 7 heteroatoms. The second-order valence-corrected chi connectivity index (χ2v) is 5.41. The summed E-state index contributed by atoms with van der Waals surface area (Å²) in [6, 6.07) is 2.77. The Morgan fingerprint density at radius 3 is 2.94 bits per heavy atom. The number of hydrogen-bond acceptors (Lipinski definition) is 5. The highest BCUT2D eigenvalue weighted by Crippen LogP contribution is 2.27. The Morgan fingerprint density at radius 1 is 1.56 bits per heavy atom. The van der Waals surface area contributed by atoms with Gasteiger partial charge in [0.1, 0.15) is 0 Å². The van der Waals surface area contributed by atoms with Crippen molar-refractivity contribution >= 4 is 22.2 Å². The Hall–Kier alpha value is -1.47. The fourth-order valence-corrected chi connectivity index (χ4v) is 2.96. The summed E-state index contributed by atoms with van der Waals surface area (Å²) < 4.78 is 0. The highest BCUT2D eigenvalue weighted by atomic mass is 32.1. The summed E-state index contributed by atoms with van der Waals surface area (Å²) in [4.78, 5) is 22.3. The largest absolute Gasteiger partial charge is 0.396 e. The van der Waals surface area contributed by atoms with E-state index in [-0.39, 0.29) is 29.5 Å². The fraction of sp³-hybridized carbons (Fsp3) is 0.545. The molecule has 6 nitrogen and oxygen atoms in total. The molecule has 1 aliphatic carbocycles. The van der Waals surface area contributed by atoms with Gasteiger partial charge in [-0.15, -0.1) is 0 Å². The number of thiophene rings is 1. The topological polar surface area (TPSA) is 92.5 Å². The van der Waals surface area contributed by atoms with Crippen LogP contribution in [0.2, 0.25) is 0 Å². The van der Waals surface area contributed by atoms with Crippen LogP contribution in [-0.4, -0.2) is 28.6 Å². The molecule has 18 heavy (non-hydrogen) atoms. The number of nitro groups is 1. The van der Waals surface area contributed by atoms with E-state index in [1.807, 2.05) is 0 Å². The highest BCUT2D eigenvalue weighted by molar-refractivity contribution is 7.17. The molecule has 2 N–H and O–H groups in total. The summed E-state index contributed by atoms with van der Waals surface area (Å²) in [5, 5.41) is 22.5. The normalized spacial score (nSPS) is 22.9. The van der Waals surface area contributed by atoms with Crippen LogP contribution in [-0.2, 0) is 0 Å². The van der Waals surface area contributed by atoms with E-state index in [0.29, 0.717) is 4.88 Å². The molecule has 0 aromatic carbocycles. The van der Waals surface area contributed by atoms with Crippen molar-refractivity contribution < 1.29 is 14.8 Å². The van der Waals surface area contributed by atoms with E-state index in [1.54, 1.807) is 0 Å². The molecule has 0 bridgehead atoms. The molecule has 1 heterocycles. The van der Waals surface area contributed by atoms with Crippen LogP contribution in [0.1, 0.15) is 28.9 Å². The summed E-state index contributed by atoms with van der Waals surface area (Å²) in [5.41, 5.74) is 0. The number of amides is 1. The van der Waals surface area contributed by atoms with E-state index >= 15 is 0 Å². The van der Waals surface area contributed by atoms with Crippen molar-refractivity contribution in [2.24, 2.45) is 5.92 Å². The van der Waals surface area contributed by atoms with Crippen LogP contribution >= 0.6 is 11.3 Å². The van der Waals surface area contributed by atoms with Crippen molar-refractivity contribution in [2.45, 2.75) is 25.3 Å². The molecule has 0 aliphatic heterocycles. The Bertz CT molecular complexity index is 460. The third-order valence-corrected chi connectivity index (χ3v) is 4.24. The summed E-state index contributed by atoms with van der Waals surface area (Å²) in [5.74, 6) is -0.192. The number of nitrogens with zero attached hydrogens (tertiary/aromatic N) is 1. The summed E-state index contributed by atoms with van der Waals surface area (Å²) >= 11 is 0.868. The van der Waals surface area contributed by atoms with E-state index in [9.17, 15) is 14.9 Å². The van der Waals surface area contributed by atoms with E-state index in [0.717, 1.165) is 30.6 Å². The first-order chi connectivity index (χ1) is 8.61. The monoisotopic (exact) mass is 270 g/mol. The molecule has 1 aromatic rings. The molecule has 2 atom stereocenters. The van der Waals surface area contributed by atoms with Crippen molar-refractivity contribution in [1.82, 2.24) is 5.32 Å². The van der Waals surface area contributed by atoms with Gasteiger partial charge in [-0.2, -0.15) is 0 Å². The minimum absolute atomic E-state index is 0.0244. The predicted molar refractivity (Wildman–Crippen MR) is 66.7 cm³/mol. The molecular formula is C11H14N2O4S. The van der Waals surface area contributed by atoms with Crippen LogP contribution in [0.3, 0.4) is 0 Å². The number of carbonyl (C=O) groups is 1. The van der Waals surface area contributed by atoms with Crippen molar-refractivity contribution in [1.29, 1.82) is 0 Å². The molecule has 1 aromatic heterocycles. The number of carbonyl (C=O) groups excluding carboxylic acids is 1. The van der Waals surface area contributed by atoms with Gasteiger partial charge >= 0.3 is 5.00 Å². The maximum Gasteiger partial charge on any atom is 0.324 e. The Balaban J connectivity index is 2.00. The SMILES string of the molecule is O=C(NC1CCCC1CO)c1ccc([N+](=O)[O-])s1. The van der Waals surface area contributed by atoms with Gasteiger partial charge in [-0.05, 0) is 18.9 Å². The van der Waals surface area contributed by atoms with Crippen LogP contribution in [0.4, 0.5) is 5.00 Å². The van der Waals surface area contributed by atoms with Gasteiger partial charge in [-0.25, -0.2) is 0 Å². The lowest BCUT2D eigenvalue weighted by atomic mass is 10.1. The first-order valence-corrected chi connectivity index (χ1v) is 6.59. The number of rotatable bonds is 4. The Kier molecular flexibility index (Phi) is 3.93. The van der Waals surface area contributed by atoms with Gasteiger partial charge in [0.25, 0.3) is 5.91 Å². The number of aliphatic hydroxyl groups excluding tert-OH is 1. The molecule has 0 spiro atoms. The zero-order chi connectivity index (χ0) is 13.1. The highest BCUT2D eigenvalue weighted by Gasteiger charge is 2.28. The van der Waals surface area contributed by atoms with Crippen molar-refractivity contribution in [3.8, 4) is 0 Å². The standard InChI is InChI=1S/C11H14N2O4S/c14-6-7-2-1-3-8(7)12-11(15)9-4-5-10(18-9)13(16)17/h4-5,7-8,14H,1-3,6H2,(H,12,15). The second kappa shape index (κ2) is 5.45. The van der Waals surface area contributed by atoms with Crippen molar-refractivity contribution in [2.75, 3.05) is 6.61 Å². The number of hydrogen-bond donors (Lipinski definition) is 2. The van der Waals surface area contributed by atoms with Gasteiger partial charge in [0, 0.05) is 24.6 Å². The quantitative estimate of drug-likeness (QED) is 0.641. The molecule has 0 saturated heterocycles. The van der Waals surface area contributed by atoms with Crippen LogP contribution < -0.4 is 5.32 Å². The molecule has 1 fully saturated rings. The van der Waals surface area contributed by atoms with Crippen LogP contribution in [0.15, 0.2) is 12.1 Å². The second-order valence-electron chi connectivity index (χ2n) is 4.35. The summed E-state index contributed by atoms with van der Waals surface area (Å²) in [7, 11) is 0. The molecule has 0 radical (unpaired) electrons. The summed E-state index contributed by atoms with van der Waals surface area (Å²) in [6.07, 6.45) is 2.75. The Labute approximate surface area is 108 Å². The van der Waals surface area contributed by atoms with Gasteiger partial charge in [0.15, 0.2) is 0 Å². The van der Waals surface area contributed by atoms with Gasteiger partial charge < -0.3 is 10.4 Å². The van der Waals surface area contributed by atoms with E-state index in [1.165, 1.54) is 12.1 Å². The van der Waals surface area contributed by atoms with E-state index in [2.05, 4.69) is 5.32 Å². The lowest BCUT2D eigenvalue weighted by Gasteiger charge is -2.18. The molecular weight excluding hydrogens is 256 g/mol. The third kappa shape index (κ3) is 2.68. The molecule has 2 unspecified atom stereocenters. The maximum absolute atomic E-state index is 11.9. The van der Waals surface area contributed by atoms with Crippen molar-refractivity contribution in [3.05, 3.63) is 27.1 Å². The Morgan fingerprint density at radius 2 is 2.33 bits per heavy atom. The smallest absolute Gasteiger partial charge is 0.324 e. The van der Waals surface area contributed by atoms with Crippen LogP contribution in [0.25, 0.3) is 0 Å². The minimum Gasteiger partial charge on any atom is -0.396 e. The summed E-state index contributed by atoms with van der Waals surface area (Å²) in [6.45, 7) is 0.0650. The average Bonchev–Trinajstić information content (AvgIpc) is 2.96. The first-order valence-electron chi connectivity index (χ1n) is 5.77. The molecule has 2 rings (SSSR count). The molecule has 1 aliphatic rings. The minimum atomic E-state index is -0.506. The van der Waals surface area contributed by atoms with Gasteiger partial charge in [-0.3, -0.25) is 14.9 Å². The van der Waals surface area contributed by atoms with E-state index in [4.69, 9.17) is 5.11 Å². The first kappa shape index (κ1) is 13.0. The zero-order valence-electron chi connectivity index (χ0n) is 9.67. The zero-order valence-corrected chi connectivity index (χ0v) is 10.5. The van der Waals surface area contributed by atoms with Gasteiger partial charge in [0.2, 0.25) is 0 Å². The van der Waals surface area contributed by atoms with Crippen molar-refractivity contribution in [3.63, 3.8) is 0 Å². The maximum atomic E-state index is 11.9. The average molecular weight is 270 g/mol. The van der Waals surface area contributed by atoms with E-state index < -0.39 is 4.92 Å². The lowest BCUT2D eigenvalue weighted by molar-refractivity contribution is -0.380. The number of nitrogens with one attached hydrogen (secondary N) is 1. The van der Waals surface area contributed by atoms with Crippen LogP contribution in [0, 0.1) is 16.0 Å². The third-order valence-electron chi connectivity index (χ3n) is 3.21. The molecule has 98 valence electrons. The van der Waals surface area contributed by atoms with Gasteiger partial charge in [-0.1, -0.05) is 17.8 Å². The fourth-order valence-electron chi connectivity index (χ4n) is 2.23. The number of aliphatic hydroxyl groups is 1. The van der Waals surface area contributed by atoms with Crippen LogP contribution in [0.5, 0.6) is 0 Å². The molecule has 1 amide bonds. The predicted octanol–water partition coefficient (Wildman–Crippen LogP) is 1.55. The lowest BCUT2D eigenvalue weighted by Crippen LogP contribution is -2.38.